The summed E-state index contributed by atoms with van der Waals surface area (Å²) < 4.78 is 11.6. The molecule has 0 atom stereocenters. The lowest BCUT2D eigenvalue weighted by atomic mass is 9.65. The Balaban J connectivity index is 1.45. The Labute approximate surface area is 183 Å². The van der Waals surface area contributed by atoms with Crippen LogP contribution in [-0.2, 0) is 27.9 Å². The topological polar surface area (TPSA) is 75.5 Å². The smallest absolute Gasteiger partial charge is 0.414 e. The average molecular weight is 420 g/mol. The number of anilines is 1. The Hall–Kier alpha value is -2.91. The molecule has 162 valence electrons. The van der Waals surface area contributed by atoms with Gasteiger partial charge in [0.2, 0.25) is 0 Å². The number of hydrogen-bond acceptors (Lipinski definition) is 5. The molecule has 1 aromatic heterocycles. The first kappa shape index (κ1) is 21.3. The summed E-state index contributed by atoms with van der Waals surface area (Å²) in [5.74, 6) is 0. The molecule has 0 unspecified atom stereocenters. The fraction of sp³-hybridized carbons (Fsp3) is 0.480. The van der Waals surface area contributed by atoms with Gasteiger partial charge in [0.15, 0.2) is 0 Å². The number of amides is 1. The van der Waals surface area contributed by atoms with Crippen molar-refractivity contribution < 1.29 is 14.3 Å². The van der Waals surface area contributed by atoms with E-state index in [1.807, 2.05) is 63.2 Å². The van der Waals surface area contributed by atoms with Crippen molar-refractivity contribution in [2.24, 2.45) is 0 Å². The maximum atomic E-state index is 12.6. The molecule has 2 aromatic rings. The molecular formula is C25H29N3O3. The second-order valence-electron chi connectivity index (χ2n) is 9.42. The molecule has 1 aromatic carbocycles. The highest BCUT2D eigenvalue weighted by Gasteiger charge is 2.48. The first-order valence-corrected chi connectivity index (χ1v) is 10.9. The SMILES string of the molecule is CC(C)(C)OC(=O)N1CCCc2nc(C3(C#N)CC(OCc4ccccc4)C3)ccc21. The monoisotopic (exact) mass is 419 g/mol. The Morgan fingerprint density at radius 3 is 2.65 bits per heavy atom. The second-order valence-corrected chi connectivity index (χ2v) is 9.42. The summed E-state index contributed by atoms with van der Waals surface area (Å²) in [4.78, 5) is 19.1. The zero-order valence-corrected chi connectivity index (χ0v) is 18.4. The van der Waals surface area contributed by atoms with Gasteiger partial charge in [-0.15, -0.1) is 0 Å². The van der Waals surface area contributed by atoms with Crippen LogP contribution in [0, 0.1) is 11.3 Å². The number of pyridine rings is 1. The normalized spacial score (nSPS) is 22.8. The standard InChI is InChI=1S/C25H29N3O3/c1-24(2,3)31-23(29)28-13-7-10-20-21(28)11-12-22(27-20)25(17-26)14-19(15-25)30-16-18-8-5-4-6-9-18/h4-6,8-9,11-12,19H,7,10,13-16H2,1-3H3. The first-order valence-electron chi connectivity index (χ1n) is 10.9. The van der Waals surface area contributed by atoms with Crippen molar-refractivity contribution in [2.45, 2.75) is 70.2 Å². The summed E-state index contributed by atoms with van der Waals surface area (Å²) >= 11 is 0. The predicted molar refractivity (Wildman–Crippen MR) is 118 cm³/mol. The van der Waals surface area contributed by atoms with Gasteiger partial charge in [-0.1, -0.05) is 30.3 Å². The minimum Gasteiger partial charge on any atom is -0.443 e. The van der Waals surface area contributed by atoms with Crippen molar-refractivity contribution in [1.29, 1.82) is 5.26 Å². The molecule has 2 aliphatic rings. The molecule has 6 nitrogen and oxygen atoms in total. The molecule has 1 amide bonds. The van der Waals surface area contributed by atoms with Crippen molar-refractivity contribution in [3.63, 3.8) is 0 Å². The summed E-state index contributed by atoms with van der Waals surface area (Å²) in [6, 6.07) is 16.3. The number of nitrogens with zero attached hydrogens (tertiary/aromatic N) is 3. The summed E-state index contributed by atoms with van der Waals surface area (Å²) in [5, 5.41) is 9.93. The number of carbonyl (C=O) groups is 1. The number of ether oxygens (including phenoxy) is 2. The van der Waals surface area contributed by atoms with Crippen LogP contribution in [0.3, 0.4) is 0 Å². The summed E-state index contributed by atoms with van der Waals surface area (Å²) in [6.07, 6.45) is 2.59. The molecule has 1 aliphatic heterocycles. The van der Waals surface area contributed by atoms with E-state index in [0.717, 1.165) is 35.5 Å². The maximum Gasteiger partial charge on any atom is 0.414 e. The van der Waals surface area contributed by atoms with Crippen molar-refractivity contribution in [3.8, 4) is 6.07 Å². The van der Waals surface area contributed by atoms with Crippen molar-refractivity contribution in [3.05, 3.63) is 59.4 Å². The Morgan fingerprint density at radius 2 is 1.97 bits per heavy atom. The lowest BCUT2D eigenvalue weighted by Crippen LogP contribution is -2.46. The van der Waals surface area contributed by atoms with E-state index < -0.39 is 11.0 Å². The lowest BCUT2D eigenvalue weighted by Gasteiger charge is -2.42. The van der Waals surface area contributed by atoms with E-state index in [0.29, 0.717) is 26.0 Å². The van der Waals surface area contributed by atoms with Gasteiger partial charge in [0.05, 0.1) is 35.9 Å². The van der Waals surface area contributed by atoms with Gasteiger partial charge in [-0.3, -0.25) is 9.88 Å². The van der Waals surface area contributed by atoms with Gasteiger partial charge >= 0.3 is 6.09 Å². The van der Waals surface area contributed by atoms with E-state index in [-0.39, 0.29) is 12.2 Å². The fourth-order valence-electron chi connectivity index (χ4n) is 4.20. The van der Waals surface area contributed by atoms with Crippen LogP contribution >= 0.6 is 0 Å². The van der Waals surface area contributed by atoms with Gasteiger partial charge in [-0.05, 0) is 64.2 Å². The largest absolute Gasteiger partial charge is 0.443 e. The van der Waals surface area contributed by atoms with E-state index in [9.17, 15) is 10.1 Å². The van der Waals surface area contributed by atoms with Crippen LogP contribution in [0.5, 0.6) is 0 Å². The second kappa shape index (κ2) is 8.32. The van der Waals surface area contributed by atoms with Crippen LogP contribution in [0.1, 0.15) is 57.0 Å². The molecule has 1 saturated carbocycles. The molecule has 31 heavy (non-hydrogen) atoms. The van der Waals surface area contributed by atoms with E-state index in [1.54, 1.807) is 4.90 Å². The summed E-state index contributed by atoms with van der Waals surface area (Å²) in [5.41, 5.74) is 2.38. The van der Waals surface area contributed by atoms with Gasteiger partial charge in [-0.25, -0.2) is 4.79 Å². The molecule has 0 saturated heterocycles. The molecule has 0 bridgehead atoms. The van der Waals surface area contributed by atoms with Crippen LogP contribution in [-0.4, -0.2) is 29.3 Å². The number of aryl methyl sites for hydroxylation is 1. The number of benzene rings is 1. The minimum absolute atomic E-state index is 0.0518. The first-order chi connectivity index (χ1) is 14.8. The van der Waals surface area contributed by atoms with Gasteiger partial charge in [0, 0.05) is 6.54 Å². The molecule has 6 heteroatoms. The summed E-state index contributed by atoms with van der Waals surface area (Å²) in [7, 11) is 0. The third-order valence-electron chi connectivity index (χ3n) is 5.84. The quantitative estimate of drug-likeness (QED) is 0.704. The number of fused-ring (bicyclic) bond motifs is 1. The predicted octanol–water partition coefficient (Wildman–Crippen LogP) is 4.91. The van der Waals surface area contributed by atoms with Crippen molar-refractivity contribution in [2.75, 3.05) is 11.4 Å². The molecule has 1 fully saturated rings. The number of aromatic nitrogens is 1. The van der Waals surface area contributed by atoms with Crippen LogP contribution < -0.4 is 4.90 Å². The van der Waals surface area contributed by atoms with E-state index in [1.165, 1.54) is 0 Å². The van der Waals surface area contributed by atoms with Crippen LogP contribution in [0.25, 0.3) is 0 Å². The third-order valence-corrected chi connectivity index (χ3v) is 5.84. The maximum absolute atomic E-state index is 12.6. The van der Waals surface area contributed by atoms with Gasteiger partial charge in [0.25, 0.3) is 0 Å². The zero-order valence-electron chi connectivity index (χ0n) is 18.4. The van der Waals surface area contributed by atoms with Crippen LogP contribution in [0.2, 0.25) is 0 Å². The number of nitriles is 1. The molecule has 0 spiro atoms. The third kappa shape index (κ3) is 4.57. The van der Waals surface area contributed by atoms with Crippen LogP contribution in [0.15, 0.2) is 42.5 Å². The van der Waals surface area contributed by atoms with Crippen molar-refractivity contribution >= 4 is 11.8 Å². The molecule has 2 heterocycles. The summed E-state index contributed by atoms with van der Waals surface area (Å²) in [6.45, 7) is 6.75. The van der Waals surface area contributed by atoms with E-state index in [2.05, 4.69) is 6.07 Å². The zero-order chi connectivity index (χ0) is 22.1. The minimum atomic E-state index is -0.620. The molecule has 0 N–H and O–H groups in total. The number of rotatable bonds is 4. The highest BCUT2D eigenvalue weighted by Crippen LogP contribution is 2.45. The molecule has 0 radical (unpaired) electrons. The Morgan fingerprint density at radius 1 is 1.23 bits per heavy atom. The number of hydrogen-bond donors (Lipinski definition) is 0. The lowest BCUT2D eigenvalue weighted by molar-refractivity contribution is -0.0401. The van der Waals surface area contributed by atoms with Gasteiger partial charge in [-0.2, -0.15) is 5.26 Å². The highest BCUT2D eigenvalue weighted by molar-refractivity contribution is 5.89. The molecule has 4 rings (SSSR count). The van der Waals surface area contributed by atoms with Gasteiger partial charge < -0.3 is 9.47 Å². The average Bonchev–Trinajstić information content (AvgIpc) is 2.72. The van der Waals surface area contributed by atoms with Crippen molar-refractivity contribution in [1.82, 2.24) is 4.98 Å². The fourth-order valence-corrected chi connectivity index (χ4v) is 4.20. The molecular weight excluding hydrogens is 390 g/mol. The van der Waals surface area contributed by atoms with E-state index in [4.69, 9.17) is 14.5 Å². The molecule has 1 aliphatic carbocycles. The van der Waals surface area contributed by atoms with E-state index >= 15 is 0 Å². The van der Waals surface area contributed by atoms with Crippen LogP contribution in [0.4, 0.5) is 10.5 Å². The Kier molecular flexibility index (Phi) is 5.72. The number of carbonyl (C=O) groups excluding carboxylic acids is 1. The highest BCUT2D eigenvalue weighted by atomic mass is 16.6. The van der Waals surface area contributed by atoms with Gasteiger partial charge in [0.1, 0.15) is 11.0 Å². The Bertz CT molecular complexity index is 985.